The standard InChI is InChI=1S/C15H21NO3S2/c1-21(18,19)12-10-16(11-12)14(17)15(7-3-2-4-8-15)13-6-5-9-20-13/h5-6,9,12H,2-4,7-8,10-11H2,1H3. The van der Waals surface area contributed by atoms with E-state index in [9.17, 15) is 13.2 Å². The predicted molar refractivity (Wildman–Crippen MR) is 84.3 cm³/mol. The van der Waals surface area contributed by atoms with Crippen molar-refractivity contribution in [1.82, 2.24) is 4.90 Å². The number of sulfone groups is 1. The van der Waals surface area contributed by atoms with Gasteiger partial charge in [0.05, 0.1) is 10.7 Å². The number of nitrogens with zero attached hydrogens (tertiary/aromatic N) is 1. The van der Waals surface area contributed by atoms with Gasteiger partial charge >= 0.3 is 0 Å². The van der Waals surface area contributed by atoms with E-state index in [4.69, 9.17) is 0 Å². The maximum Gasteiger partial charge on any atom is 0.234 e. The zero-order valence-electron chi connectivity index (χ0n) is 12.2. The van der Waals surface area contributed by atoms with Crippen LogP contribution in [0.2, 0.25) is 0 Å². The highest BCUT2D eigenvalue weighted by Gasteiger charge is 2.48. The molecule has 116 valence electrons. The van der Waals surface area contributed by atoms with E-state index in [0.29, 0.717) is 13.1 Å². The Bertz CT molecular complexity index is 609. The fourth-order valence-electron chi connectivity index (χ4n) is 3.45. The number of amides is 1. The molecular formula is C15H21NO3S2. The number of hydrogen-bond donors (Lipinski definition) is 0. The number of thiophene rings is 1. The van der Waals surface area contributed by atoms with Crippen molar-refractivity contribution in [2.45, 2.75) is 42.8 Å². The smallest absolute Gasteiger partial charge is 0.234 e. The summed E-state index contributed by atoms with van der Waals surface area (Å²) in [5, 5.41) is 1.65. The molecule has 0 spiro atoms. The zero-order chi connectivity index (χ0) is 15.1. The molecule has 21 heavy (non-hydrogen) atoms. The van der Waals surface area contributed by atoms with Crippen molar-refractivity contribution in [1.29, 1.82) is 0 Å². The van der Waals surface area contributed by atoms with Crippen molar-refractivity contribution < 1.29 is 13.2 Å². The van der Waals surface area contributed by atoms with Gasteiger partial charge in [0, 0.05) is 24.2 Å². The van der Waals surface area contributed by atoms with Crippen LogP contribution in [0.1, 0.15) is 37.0 Å². The van der Waals surface area contributed by atoms with E-state index in [1.807, 2.05) is 11.4 Å². The molecule has 1 saturated carbocycles. The van der Waals surface area contributed by atoms with Crippen LogP contribution in [0.4, 0.5) is 0 Å². The van der Waals surface area contributed by atoms with E-state index in [1.54, 1.807) is 16.2 Å². The Kier molecular flexibility index (Phi) is 3.86. The van der Waals surface area contributed by atoms with Crippen molar-refractivity contribution in [3.63, 3.8) is 0 Å². The van der Waals surface area contributed by atoms with E-state index in [0.717, 1.165) is 30.6 Å². The lowest BCUT2D eigenvalue weighted by atomic mass is 9.71. The molecule has 0 aromatic carbocycles. The molecule has 0 N–H and O–H groups in total. The largest absolute Gasteiger partial charge is 0.339 e. The van der Waals surface area contributed by atoms with Crippen LogP contribution in [-0.4, -0.2) is 43.8 Å². The molecule has 1 aliphatic heterocycles. The lowest BCUT2D eigenvalue weighted by molar-refractivity contribution is -0.142. The van der Waals surface area contributed by atoms with E-state index in [-0.39, 0.29) is 11.2 Å². The van der Waals surface area contributed by atoms with Crippen molar-refractivity contribution in [3.8, 4) is 0 Å². The van der Waals surface area contributed by atoms with E-state index in [2.05, 4.69) is 6.07 Å². The topological polar surface area (TPSA) is 54.5 Å². The van der Waals surface area contributed by atoms with Gasteiger partial charge in [-0.2, -0.15) is 0 Å². The van der Waals surface area contributed by atoms with Gasteiger partial charge in [0.15, 0.2) is 9.84 Å². The first-order valence-electron chi connectivity index (χ1n) is 7.46. The van der Waals surface area contributed by atoms with Gasteiger partial charge < -0.3 is 4.90 Å². The number of carbonyl (C=O) groups is 1. The Morgan fingerprint density at radius 2 is 1.95 bits per heavy atom. The second-order valence-electron chi connectivity index (χ2n) is 6.28. The Balaban J connectivity index is 1.81. The first-order chi connectivity index (χ1) is 9.93. The molecule has 0 unspecified atom stereocenters. The van der Waals surface area contributed by atoms with Crippen molar-refractivity contribution in [2.75, 3.05) is 19.3 Å². The van der Waals surface area contributed by atoms with Crippen LogP contribution in [0.15, 0.2) is 17.5 Å². The summed E-state index contributed by atoms with van der Waals surface area (Å²) >= 11 is 1.65. The van der Waals surface area contributed by atoms with Gasteiger partial charge in [-0.05, 0) is 24.3 Å². The molecule has 1 aromatic heterocycles. The predicted octanol–water partition coefficient (Wildman–Crippen LogP) is 2.21. The summed E-state index contributed by atoms with van der Waals surface area (Å²) < 4.78 is 23.1. The fraction of sp³-hybridized carbons (Fsp3) is 0.667. The summed E-state index contributed by atoms with van der Waals surface area (Å²) in [4.78, 5) is 15.9. The maximum absolute atomic E-state index is 13.0. The van der Waals surface area contributed by atoms with Gasteiger partial charge in [-0.25, -0.2) is 8.42 Å². The third-order valence-corrected chi connectivity index (χ3v) is 7.43. The molecule has 2 heterocycles. The normalized spacial score (nSPS) is 22.8. The molecule has 4 nitrogen and oxygen atoms in total. The second kappa shape index (κ2) is 5.39. The Morgan fingerprint density at radius 1 is 1.29 bits per heavy atom. The SMILES string of the molecule is CS(=O)(=O)C1CN(C(=O)C2(c3cccs3)CCCCC2)C1. The Hall–Kier alpha value is -0.880. The van der Waals surface area contributed by atoms with Crippen LogP contribution in [0.5, 0.6) is 0 Å². The molecule has 0 bridgehead atoms. The van der Waals surface area contributed by atoms with Crippen LogP contribution in [-0.2, 0) is 20.0 Å². The highest BCUT2D eigenvalue weighted by atomic mass is 32.2. The molecule has 1 amide bonds. The maximum atomic E-state index is 13.0. The summed E-state index contributed by atoms with van der Waals surface area (Å²) in [6.45, 7) is 0.732. The Morgan fingerprint density at radius 3 is 2.48 bits per heavy atom. The summed E-state index contributed by atoms with van der Waals surface area (Å²) in [5.74, 6) is 0.143. The average molecular weight is 327 g/mol. The molecule has 1 aromatic rings. The number of carbonyl (C=O) groups excluding carboxylic acids is 1. The monoisotopic (exact) mass is 327 g/mol. The van der Waals surface area contributed by atoms with Crippen LogP contribution in [0.25, 0.3) is 0 Å². The van der Waals surface area contributed by atoms with E-state index in [1.165, 1.54) is 12.7 Å². The average Bonchev–Trinajstić information content (AvgIpc) is 2.90. The molecule has 6 heteroatoms. The first-order valence-corrected chi connectivity index (χ1v) is 10.3. The fourth-order valence-corrected chi connectivity index (χ4v) is 5.33. The summed E-state index contributed by atoms with van der Waals surface area (Å²) in [6, 6.07) is 4.06. The first kappa shape index (κ1) is 15.0. The lowest BCUT2D eigenvalue weighted by Crippen LogP contribution is -2.61. The summed E-state index contributed by atoms with van der Waals surface area (Å²) in [6.07, 6.45) is 6.39. The van der Waals surface area contributed by atoms with Crippen molar-refractivity contribution >= 4 is 27.1 Å². The molecular weight excluding hydrogens is 306 g/mol. The molecule has 2 fully saturated rings. The summed E-state index contributed by atoms with van der Waals surface area (Å²) in [7, 11) is -3.03. The van der Waals surface area contributed by atoms with Crippen LogP contribution < -0.4 is 0 Å². The van der Waals surface area contributed by atoms with Gasteiger partial charge in [-0.15, -0.1) is 11.3 Å². The second-order valence-corrected chi connectivity index (χ2v) is 9.56. The van der Waals surface area contributed by atoms with Gasteiger partial charge in [-0.3, -0.25) is 4.79 Å². The van der Waals surface area contributed by atoms with Crippen LogP contribution in [0.3, 0.4) is 0 Å². The number of rotatable bonds is 3. The minimum absolute atomic E-state index is 0.143. The van der Waals surface area contributed by atoms with E-state index < -0.39 is 15.3 Å². The van der Waals surface area contributed by atoms with Gasteiger partial charge in [0.2, 0.25) is 5.91 Å². The third-order valence-electron chi connectivity index (χ3n) is 4.85. The molecule has 1 aliphatic carbocycles. The van der Waals surface area contributed by atoms with Crippen molar-refractivity contribution in [3.05, 3.63) is 22.4 Å². The molecule has 0 radical (unpaired) electrons. The Labute approximate surface area is 130 Å². The number of hydrogen-bond acceptors (Lipinski definition) is 4. The zero-order valence-corrected chi connectivity index (χ0v) is 13.9. The lowest BCUT2D eigenvalue weighted by Gasteiger charge is -2.45. The molecule has 3 rings (SSSR count). The molecule has 0 atom stereocenters. The highest BCUT2D eigenvalue weighted by molar-refractivity contribution is 7.91. The van der Waals surface area contributed by atoms with Gasteiger partial charge in [0.25, 0.3) is 0 Å². The third kappa shape index (κ3) is 2.63. The molecule has 1 saturated heterocycles. The highest BCUT2D eigenvalue weighted by Crippen LogP contribution is 2.43. The summed E-state index contributed by atoms with van der Waals surface area (Å²) in [5.41, 5.74) is -0.394. The van der Waals surface area contributed by atoms with Gasteiger partial charge in [-0.1, -0.05) is 25.3 Å². The van der Waals surface area contributed by atoms with Crippen LogP contribution >= 0.6 is 11.3 Å². The minimum Gasteiger partial charge on any atom is -0.339 e. The van der Waals surface area contributed by atoms with Crippen molar-refractivity contribution in [2.24, 2.45) is 0 Å². The number of likely N-dealkylation sites (tertiary alicyclic amines) is 1. The van der Waals surface area contributed by atoms with Crippen LogP contribution in [0, 0.1) is 0 Å². The molecule has 2 aliphatic rings. The van der Waals surface area contributed by atoms with Gasteiger partial charge in [0.1, 0.15) is 0 Å². The quantitative estimate of drug-likeness (QED) is 0.855. The van der Waals surface area contributed by atoms with E-state index >= 15 is 0 Å². The minimum atomic E-state index is -3.03.